The zero-order valence-corrected chi connectivity index (χ0v) is 10.9. The second kappa shape index (κ2) is 3.74. The Balaban J connectivity index is 1.81. The monoisotopic (exact) mass is 230 g/mol. The van der Waals surface area contributed by atoms with Gasteiger partial charge in [0.1, 0.15) is 0 Å². The van der Waals surface area contributed by atoms with Gasteiger partial charge in [0.15, 0.2) is 0 Å². The highest BCUT2D eigenvalue weighted by Gasteiger charge is 2.45. The fourth-order valence-corrected chi connectivity index (χ4v) is 3.05. The SMILES string of the molecule is CC(N1CCc2c(N)cccc2C1)C1(C)CC1. The molecule has 0 saturated heterocycles. The van der Waals surface area contributed by atoms with Gasteiger partial charge in [0, 0.05) is 24.8 Å². The molecule has 1 saturated carbocycles. The summed E-state index contributed by atoms with van der Waals surface area (Å²) in [5.41, 5.74) is 10.4. The summed E-state index contributed by atoms with van der Waals surface area (Å²) in [5, 5.41) is 0. The van der Waals surface area contributed by atoms with Gasteiger partial charge in [-0.25, -0.2) is 0 Å². The molecule has 1 aliphatic carbocycles. The molecule has 1 aromatic rings. The Labute approximate surface area is 104 Å². The minimum absolute atomic E-state index is 0.581. The summed E-state index contributed by atoms with van der Waals surface area (Å²) in [4.78, 5) is 2.63. The molecule has 2 aliphatic rings. The van der Waals surface area contributed by atoms with E-state index in [4.69, 9.17) is 5.73 Å². The largest absolute Gasteiger partial charge is 0.398 e. The molecular weight excluding hydrogens is 208 g/mol. The van der Waals surface area contributed by atoms with Crippen molar-refractivity contribution in [3.63, 3.8) is 0 Å². The quantitative estimate of drug-likeness (QED) is 0.792. The van der Waals surface area contributed by atoms with E-state index in [1.165, 1.54) is 24.0 Å². The van der Waals surface area contributed by atoms with E-state index in [1.807, 2.05) is 6.07 Å². The first-order valence-corrected chi connectivity index (χ1v) is 6.70. The molecule has 3 rings (SSSR count). The number of hydrogen-bond donors (Lipinski definition) is 1. The van der Waals surface area contributed by atoms with Gasteiger partial charge in [-0.15, -0.1) is 0 Å². The maximum Gasteiger partial charge on any atom is 0.0350 e. The minimum Gasteiger partial charge on any atom is -0.398 e. The maximum absolute atomic E-state index is 6.04. The van der Waals surface area contributed by atoms with Crippen LogP contribution < -0.4 is 5.73 Å². The molecule has 1 fully saturated rings. The zero-order chi connectivity index (χ0) is 12.0. The van der Waals surface area contributed by atoms with Crippen LogP contribution in [0.1, 0.15) is 37.8 Å². The molecule has 0 amide bonds. The number of fused-ring (bicyclic) bond motifs is 1. The van der Waals surface area contributed by atoms with Gasteiger partial charge in [-0.3, -0.25) is 4.90 Å². The van der Waals surface area contributed by atoms with Gasteiger partial charge in [0.05, 0.1) is 0 Å². The summed E-state index contributed by atoms with van der Waals surface area (Å²) in [6, 6.07) is 7.05. The highest BCUT2D eigenvalue weighted by Crippen LogP contribution is 2.50. The number of hydrogen-bond acceptors (Lipinski definition) is 2. The molecule has 1 unspecified atom stereocenters. The van der Waals surface area contributed by atoms with Crippen LogP contribution in [0, 0.1) is 5.41 Å². The van der Waals surface area contributed by atoms with E-state index in [2.05, 4.69) is 30.9 Å². The van der Waals surface area contributed by atoms with Crippen molar-refractivity contribution < 1.29 is 0 Å². The number of rotatable bonds is 2. The van der Waals surface area contributed by atoms with E-state index in [-0.39, 0.29) is 0 Å². The van der Waals surface area contributed by atoms with Gasteiger partial charge < -0.3 is 5.73 Å². The van der Waals surface area contributed by atoms with E-state index in [1.54, 1.807) is 0 Å². The van der Waals surface area contributed by atoms with Crippen molar-refractivity contribution in [1.29, 1.82) is 0 Å². The lowest BCUT2D eigenvalue weighted by Gasteiger charge is -2.37. The Morgan fingerprint density at radius 2 is 2.12 bits per heavy atom. The lowest BCUT2D eigenvalue weighted by Crippen LogP contribution is -2.42. The van der Waals surface area contributed by atoms with Crippen LogP contribution in [0.15, 0.2) is 18.2 Å². The highest BCUT2D eigenvalue weighted by atomic mass is 15.2. The predicted molar refractivity (Wildman–Crippen MR) is 71.8 cm³/mol. The van der Waals surface area contributed by atoms with Crippen molar-refractivity contribution in [2.75, 3.05) is 12.3 Å². The molecule has 2 N–H and O–H groups in total. The first kappa shape index (κ1) is 11.1. The third kappa shape index (κ3) is 1.85. The fraction of sp³-hybridized carbons (Fsp3) is 0.600. The van der Waals surface area contributed by atoms with Crippen LogP contribution in [0.5, 0.6) is 0 Å². The number of nitrogens with zero attached hydrogens (tertiary/aromatic N) is 1. The van der Waals surface area contributed by atoms with Crippen LogP contribution in [0.25, 0.3) is 0 Å². The van der Waals surface area contributed by atoms with Crippen LogP contribution in [0.4, 0.5) is 5.69 Å². The van der Waals surface area contributed by atoms with Gasteiger partial charge in [-0.2, -0.15) is 0 Å². The summed E-state index contributed by atoms with van der Waals surface area (Å²) in [7, 11) is 0. The van der Waals surface area contributed by atoms with E-state index < -0.39 is 0 Å². The van der Waals surface area contributed by atoms with E-state index in [0.29, 0.717) is 11.5 Å². The Kier molecular flexibility index (Phi) is 2.44. The van der Waals surface area contributed by atoms with E-state index >= 15 is 0 Å². The summed E-state index contributed by atoms with van der Waals surface area (Å²) in [6.07, 6.45) is 3.91. The van der Waals surface area contributed by atoms with Crippen LogP contribution in [0.3, 0.4) is 0 Å². The summed E-state index contributed by atoms with van der Waals surface area (Å²) in [5.74, 6) is 0. The van der Waals surface area contributed by atoms with Gasteiger partial charge in [-0.05, 0) is 48.8 Å². The van der Waals surface area contributed by atoms with Crippen LogP contribution in [-0.2, 0) is 13.0 Å². The zero-order valence-electron chi connectivity index (χ0n) is 10.9. The summed E-state index contributed by atoms with van der Waals surface area (Å²) < 4.78 is 0. The van der Waals surface area contributed by atoms with Crippen molar-refractivity contribution in [1.82, 2.24) is 4.90 Å². The number of nitrogens with two attached hydrogens (primary N) is 1. The average molecular weight is 230 g/mol. The molecule has 0 aromatic heterocycles. The average Bonchev–Trinajstić information content (AvgIpc) is 3.08. The van der Waals surface area contributed by atoms with E-state index in [0.717, 1.165) is 25.2 Å². The predicted octanol–water partition coefficient (Wildman–Crippen LogP) is 2.82. The molecule has 2 nitrogen and oxygen atoms in total. The molecule has 1 atom stereocenters. The normalized spacial score (nSPS) is 24.1. The molecule has 0 spiro atoms. The smallest absolute Gasteiger partial charge is 0.0350 e. The lowest BCUT2D eigenvalue weighted by atomic mass is 9.93. The number of nitrogen functional groups attached to an aromatic ring is 1. The molecule has 17 heavy (non-hydrogen) atoms. The second-order valence-corrected chi connectivity index (χ2v) is 6.04. The molecule has 1 heterocycles. The summed E-state index contributed by atoms with van der Waals surface area (Å²) in [6.45, 7) is 7.06. The molecule has 1 aromatic carbocycles. The Bertz CT molecular complexity index is 435. The molecule has 0 bridgehead atoms. The van der Waals surface area contributed by atoms with Crippen molar-refractivity contribution in [3.8, 4) is 0 Å². The molecule has 0 radical (unpaired) electrons. The molecular formula is C15H22N2. The van der Waals surface area contributed by atoms with E-state index in [9.17, 15) is 0 Å². The topological polar surface area (TPSA) is 29.3 Å². The highest BCUT2D eigenvalue weighted by molar-refractivity contribution is 5.51. The third-order valence-corrected chi connectivity index (χ3v) is 4.93. The second-order valence-electron chi connectivity index (χ2n) is 6.04. The molecule has 1 aliphatic heterocycles. The number of anilines is 1. The maximum atomic E-state index is 6.04. The van der Waals surface area contributed by atoms with Crippen LogP contribution in [-0.4, -0.2) is 17.5 Å². The number of benzene rings is 1. The molecule has 2 heteroatoms. The van der Waals surface area contributed by atoms with Gasteiger partial charge in [0.25, 0.3) is 0 Å². The van der Waals surface area contributed by atoms with Crippen molar-refractivity contribution in [2.45, 2.75) is 45.7 Å². The Morgan fingerprint density at radius 3 is 2.82 bits per heavy atom. The van der Waals surface area contributed by atoms with Crippen molar-refractivity contribution in [2.24, 2.45) is 5.41 Å². The standard InChI is InChI=1S/C15H22N2/c1-11(15(2)7-8-15)17-9-6-13-12(10-17)4-3-5-14(13)16/h3-5,11H,6-10,16H2,1-2H3. The minimum atomic E-state index is 0.581. The summed E-state index contributed by atoms with van der Waals surface area (Å²) >= 11 is 0. The molecule has 92 valence electrons. The van der Waals surface area contributed by atoms with Gasteiger partial charge in [0.2, 0.25) is 0 Å². The van der Waals surface area contributed by atoms with Gasteiger partial charge in [-0.1, -0.05) is 19.1 Å². The van der Waals surface area contributed by atoms with Crippen molar-refractivity contribution >= 4 is 5.69 Å². The van der Waals surface area contributed by atoms with Crippen LogP contribution in [0.2, 0.25) is 0 Å². The third-order valence-electron chi connectivity index (χ3n) is 4.93. The Morgan fingerprint density at radius 1 is 1.35 bits per heavy atom. The van der Waals surface area contributed by atoms with Crippen LogP contribution >= 0.6 is 0 Å². The van der Waals surface area contributed by atoms with Gasteiger partial charge >= 0.3 is 0 Å². The first-order valence-electron chi connectivity index (χ1n) is 6.70. The first-order chi connectivity index (χ1) is 8.10. The lowest BCUT2D eigenvalue weighted by molar-refractivity contribution is 0.135. The fourth-order valence-electron chi connectivity index (χ4n) is 3.05. The van der Waals surface area contributed by atoms with Crippen molar-refractivity contribution in [3.05, 3.63) is 29.3 Å². The Hall–Kier alpha value is -1.02.